The van der Waals surface area contributed by atoms with Crippen LogP contribution >= 0.6 is 0 Å². The van der Waals surface area contributed by atoms with E-state index in [1.165, 1.54) is 17.4 Å². The van der Waals surface area contributed by atoms with Crippen LogP contribution in [0.1, 0.15) is 30.0 Å². The van der Waals surface area contributed by atoms with Crippen LogP contribution in [0.15, 0.2) is 48.5 Å². The molecule has 1 N–H and O–H groups in total. The summed E-state index contributed by atoms with van der Waals surface area (Å²) in [4.78, 5) is 25.4. The third-order valence-electron chi connectivity index (χ3n) is 3.86. The number of hydrogen-bond acceptors (Lipinski definition) is 3. The second-order valence-electron chi connectivity index (χ2n) is 5.84. The highest BCUT2D eigenvalue weighted by Gasteiger charge is 2.13. The lowest BCUT2D eigenvalue weighted by molar-refractivity contribution is -0.121. The maximum absolute atomic E-state index is 12.0. The number of amides is 2. The number of nitrogens with zero attached hydrogens (tertiary/aromatic N) is 2. The van der Waals surface area contributed by atoms with Crippen LogP contribution in [0.3, 0.4) is 0 Å². The Hall–Kier alpha value is -3.13. The maximum Gasteiger partial charge on any atom is 0.223 e. The smallest absolute Gasteiger partial charge is 0.223 e. The van der Waals surface area contributed by atoms with Gasteiger partial charge < -0.3 is 10.2 Å². The maximum atomic E-state index is 12.0. The van der Waals surface area contributed by atoms with Crippen LogP contribution in [0.25, 0.3) is 0 Å². The summed E-state index contributed by atoms with van der Waals surface area (Å²) >= 11 is 0. The SMILES string of the molecule is CC(=O)N(CCC(=O)NCc1ccc(C)cc1)c1ccc(C#N)cc1. The normalized spacial score (nSPS) is 9.96. The summed E-state index contributed by atoms with van der Waals surface area (Å²) < 4.78 is 0. The van der Waals surface area contributed by atoms with Gasteiger partial charge in [-0.3, -0.25) is 9.59 Å². The van der Waals surface area contributed by atoms with Crippen molar-refractivity contribution in [3.05, 3.63) is 65.2 Å². The molecule has 0 saturated carbocycles. The van der Waals surface area contributed by atoms with Gasteiger partial charge in [-0.1, -0.05) is 29.8 Å². The molecule has 0 aliphatic rings. The van der Waals surface area contributed by atoms with Crippen molar-refractivity contribution in [2.24, 2.45) is 0 Å². The molecular formula is C20H21N3O2. The third kappa shape index (κ3) is 5.47. The molecule has 2 amide bonds. The minimum Gasteiger partial charge on any atom is -0.352 e. The van der Waals surface area contributed by atoms with Crippen molar-refractivity contribution in [3.8, 4) is 6.07 Å². The average molecular weight is 335 g/mol. The Balaban J connectivity index is 1.89. The second kappa shape index (κ2) is 8.65. The summed E-state index contributed by atoms with van der Waals surface area (Å²) in [5.41, 5.74) is 3.42. The summed E-state index contributed by atoms with van der Waals surface area (Å²) in [7, 11) is 0. The van der Waals surface area contributed by atoms with E-state index in [9.17, 15) is 9.59 Å². The molecule has 0 aliphatic heterocycles. The van der Waals surface area contributed by atoms with Gasteiger partial charge in [-0.15, -0.1) is 0 Å². The van der Waals surface area contributed by atoms with E-state index in [0.29, 0.717) is 24.3 Å². The van der Waals surface area contributed by atoms with E-state index in [1.807, 2.05) is 37.3 Å². The van der Waals surface area contributed by atoms with Crippen molar-refractivity contribution < 1.29 is 9.59 Å². The number of hydrogen-bond donors (Lipinski definition) is 1. The van der Waals surface area contributed by atoms with Gasteiger partial charge in [-0.25, -0.2) is 0 Å². The van der Waals surface area contributed by atoms with Crippen LogP contribution in [-0.4, -0.2) is 18.4 Å². The van der Waals surface area contributed by atoms with E-state index < -0.39 is 0 Å². The van der Waals surface area contributed by atoms with Crippen LogP contribution in [0.5, 0.6) is 0 Å². The number of rotatable bonds is 6. The Morgan fingerprint density at radius 2 is 1.72 bits per heavy atom. The second-order valence-corrected chi connectivity index (χ2v) is 5.84. The zero-order valence-electron chi connectivity index (χ0n) is 14.5. The molecule has 0 radical (unpaired) electrons. The Morgan fingerprint density at radius 3 is 2.28 bits per heavy atom. The first-order valence-corrected chi connectivity index (χ1v) is 8.10. The predicted octanol–water partition coefficient (Wildman–Crippen LogP) is 2.93. The van der Waals surface area contributed by atoms with Crippen LogP contribution in [0.2, 0.25) is 0 Å². The quantitative estimate of drug-likeness (QED) is 0.882. The molecule has 0 bridgehead atoms. The van der Waals surface area contributed by atoms with E-state index in [-0.39, 0.29) is 18.2 Å². The van der Waals surface area contributed by atoms with Crippen LogP contribution in [0.4, 0.5) is 5.69 Å². The first-order chi connectivity index (χ1) is 12.0. The molecule has 0 atom stereocenters. The lowest BCUT2D eigenvalue weighted by atomic mass is 10.1. The van der Waals surface area contributed by atoms with Crippen molar-refractivity contribution >= 4 is 17.5 Å². The Labute approximate surface area is 147 Å². The largest absolute Gasteiger partial charge is 0.352 e. The van der Waals surface area contributed by atoms with Gasteiger partial charge in [-0.05, 0) is 36.8 Å². The van der Waals surface area contributed by atoms with Gasteiger partial charge in [0, 0.05) is 32.1 Å². The summed E-state index contributed by atoms with van der Waals surface area (Å²) in [6, 6.07) is 16.7. The fraction of sp³-hybridized carbons (Fsp3) is 0.250. The van der Waals surface area contributed by atoms with Gasteiger partial charge in [0.05, 0.1) is 11.6 Å². The lowest BCUT2D eigenvalue weighted by Gasteiger charge is -2.21. The topological polar surface area (TPSA) is 73.2 Å². The molecule has 0 unspecified atom stereocenters. The van der Waals surface area contributed by atoms with Crippen molar-refractivity contribution in [1.82, 2.24) is 5.32 Å². The van der Waals surface area contributed by atoms with Gasteiger partial charge in [0.1, 0.15) is 0 Å². The predicted molar refractivity (Wildman–Crippen MR) is 96.8 cm³/mol. The number of aryl methyl sites for hydroxylation is 1. The van der Waals surface area contributed by atoms with Crippen molar-refractivity contribution in [3.63, 3.8) is 0 Å². The molecule has 2 rings (SSSR count). The summed E-state index contributed by atoms with van der Waals surface area (Å²) in [6.45, 7) is 4.24. The molecular weight excluding hydrogens is 314 g/mol. The molecule has 128 valence electrons. The molecule has 2 aromatic rings. The lowest BCUT2D eigenvalue weighted by Crippen LogP contribution is -2.33. The van der Waals surface area contributed by atoms with E-state index in [2.05, 4.69) is 5.32 Å². The summed E-state index contributed by atoms with van der Waals surface area (Å²) in [5, 5.41) is 11.7. The number of benzene rings is 2. The van der Waals surface area contributed by atoms with Gasteiger partial charge in [-0.2, -0.15) is 5.26 Å². The van der Waals surface area contributed by atoms with Gasteiger partial charge in [0.15, 0.2) is 0 Å². The molecule has 0 saturated heterocycles. The molecule has 0 spiro atoms. The molecule has 5 nitrogen and oxygen atoms in total. The third-order valence-corrected chi connectivity index (χ3v) is 3.86. The molecule has 0 aliphatic carbocycles. The Kier molecular flexibility index (Phi) is 6.30. The summed E-state index contributed by atoms with van der Waals surface area (Å²) in [5.74, 6) is -0.253. The Bertz CT molecular complexity index is 774. The van der Waals surface area contributed by atoms with Crippen molar-refractivity contribution in [2.45, 2.75) is 26.8 Å². The van der Waals surface area contributed by atoms with Gasteiger partial charge in [0.25, 0.3) is 0 Å². The Morgan fingerprint density at radius 1 is 1.08 bits per heavy atom. The number of nitrogens with one attached hydrogen (secondary N) is 1. The molecule has 0 aromatic heterocycles. The monoisotopic (exact) mass is 335 g/mol. The highest BCUT2D eigenvalue weighted by atomic mass is 16.2. The van der Waals surface area contributed by atoms with Crippen molar-refractivity contribution in [1.29, 1.82) is 5.26 Å². The van der Waals surface area contributed by atoms with Crippen LogP contribution < -0.4 is 10.2 Å². The highest BCUT2D eigenvalue weighted by molar-refractivity contribution is 5.92. The van der Waals surface area contributed by atoms with Crippen LogP contribution in [-0.2, 0) is 16.1 Å². The van der Waals surface area contributed by atoms with E-state index in [0.717, 1.165) is 5.56 Å². The molecule has 0 fully saturated rings. The molecule has 25 heavy (non-hydrogen) atoms. The van der Waals surface area contributed by atoms with Gasteiger partial charge >= 0.3 is 0 Å². The molecule has 5 heteroatoms. The first kappa shape index (κ1) is 18.2. The number of carbonyl (C=O) groups excluding carboxylic acids is 2. The van der Waals surface area contributed by atoms with E-state index in [1.54, 1.807) is 24.3 Å². The molecule has 2 aromatic carbocycles. The number of anilines is 1. The number of nitriles is 1. The summed E-state index contributed by atoms with van der Waals surface area (Å²) in [6.07, 6.45) is 0.214. The fourth-order valence-electron chi connectivity index (χ4n) is 2.39. The van der Waals surface area contributed by atoms with E-state index >= 15 is 0 Å². The van der Waals surface area contributed by atoms with Gasteiger partial charge in [0.2, 0.25) is 11.8 Å². The number of carbonyl (C=O) groups is 2. The fourth-order valence-corrected chi connectivity index (χ4v) is 2.39. The molecule has 0 heterocycles. The first-order valence-electron chi connectivity index (χ1n) is 8.10. The zero-order valence-corrected chi connectivity index (χ0v) is 14.5. The van der Waals surface area contributed by atoms with E-state index in [4.69, 9.17) is 5.26 Å². The minimum absolute atomic E-state index is 0.111. The average Bonchev–Trinajstić information content (AvgIpc) is 2.61. The highest BCUT2D eigenvalue weighted by Crippen LogP contribution is 2.15. The standard InChI is InChI=1S/C20H21N3O2/c1-15-3-5-18(6-4-15)14-22-20(25)11-12-23(16(2)24)19-9-7-17(13-21)8-10-19/h3-10H,11-12,14H2,1-2H3,(H,22,25). The zero-order chi connectivity index (χ0) is 18.2. The minimum atomic E-state index is -0.143. The van der Waals surface area contributed by atoms with Crippen LogP contribution in [0, 0.1) is 18.3 Å². The van der Waals surface area contributed by atoms with Crippen molar-refractivity contribution in [2.75, 3.05) is 11.4 Å².